The van der Waals surface area contributed by atoms with E-state index in [0.29, 0.717) is 31.1 Å². The number of hydrogen-bond donors (Lipinski definition) is 0. The van der Waals surface area contributed by atoms with Crippen LogP contribution in [-0.4, -0.2) is 29.9 Å². The molecule has 5 nitrogen and oxygen atoms in total. The number of ether oxygens (including phenoxy) is 1. The summed E-state index contributed by atoms with van der Waals surface area (Å²) in [5, 5.41) is 18.5. The van der Waals surface area contributed by atoms with Gasteiger partial charge in [-0.05, 0) is 30.0 Å². The average Bonchev–Trinajstić information content (AvgIpc) is 2.67. The molecule has 25 heavy (non-hydrogen) atoms. The molecule has 1 aromatic carbocycles. The molecule has 6 heteroatoms. The van der Waals surface area contributed by atoms with E-state index in [0.717, 1.165) is 34.1 Å². The van der Waals surface area contributed by atoms with Gasteiger partial charge in [0.2, 0.25) is 0 Å². The molecule has 0 spiro atoms. The average molecular weight is 401 g/mol. The molecule has 1 aliphatic rings. The summed E-state index contributed by atoms with van der Waals surface area (Å²) >= 11 is 3.60. The first-order valence-corrected chi connectivity index (χ1v) is 9.38. The monoisotopic (exact) mass is 400 g/mol. The molecule has 3 rings (SSSR count). The number of aromatic nitrogens is 2. The van der Waals surface area contributed by atoms with Gasteiger partial charge in [0.25, 0.3) is 0 Å². The third kappa shape index (κ3) is 3.53. The Morgan fingerprint density at radius 1 is 1.28 bits per heavy atom. The van der Waals surface area contributed by atoms with Crippen LogP contribution < -0.4 is 4.90 Å². The second-order valence-corrected chi connectivity index (χ2v) is 6.82. The molecule has 0 aliphatic carbocycles. The molecule has 1 saturated heterocycles. The predicted octanol–water partition coefficient (Wildman–Crippen LogP) is 3.81. The SMILES string of the molecule is CCc1nnc(N2CCOC(c3ccccc3Br)C2)c(C#N)c1CC. The van der Waals surface area contributed by atoms with Gasteiger partial charge in [0, 0.05) is 11.0 Å². The normalized spacial score (nSPS) is 17.4. The predicted molar refractivity (Wildman–Crippen MR) is 101 cm³/mol. The van der Waals surface area contributed by atoms with E-state index in [4.69, 9.17) is 4.74 Å². The number of hydrogen-bond acceptors (Lipinski definition) is 5. The third-order valence-electron chi connectivity index (χ3n) is 4.56. The van der Waals surface area contributed by atoms with Crippen molar-refractivity contribution in [2.45, 2.75) is 32.8 Å². The van der Waals surface area contributed by atoms with Crippen molar-refractivity contribution in [3.63, 3.8) is 0 Å². The zero-order valence-corrected chi connectivity index (χ0v) is 16.1. The molecule has 0 saturated carbocycles. The Morgan fingerprint density at radius 2 is 2.08 bits per heavy atom. The van der Waals surface area contributed by atoms with Crippen LogP contribution in [0.1, 0.15) is 42.3 Å². The molecule has 2 aromatic rings. The van der Waals surface area contributed by atoms with E-state index in [1.165, 1.54) is 0 Å². The van der Waals surface area contributed by atoms with Crippen LogP contribution >= 0.6 is 15.9 Å². The highest BCUT2D eigenvalue weighted by atomic mass is 79.9. The van der Waals surface area contributed by atoms with Gasteiger partial charge in [0.15, 0.2) is 5.82 Å². The lowest BCUT2D eigenvalue weighted by Crippen LogP contribution is -2.39. The highest BCUT2D eigenvalue weighted by molar-refractivity contribution is 9.10. The van der Waals surface area contributed by atoms with Crippen molar-refractivity contribution < 1.29 is 4.74 Å². The standard InChI is InChI=1S/C19H21BrN4O/c1-3-13-15(11-21)19(23-22-17(13)4-2)24-9-10-25-18(12-24)14-7-5-6-8-16(14)20/h5-8,18H,3-4,9-10,12H2,1-2H3. The van der Waals surface area contributed by atoms with Gasteiger partial charge in [0.1, 0.15) is 17.7 Å². The van der Waals surface area contributed by atoms with Gasteiger partial charge >= 0.3 is 0 Å². The topological polar surface area (TPSA) is 62.0 Å². The summed E-state index contributed by atoms with van der Waals surface area (Å²) in [6.45, 7) is 6.06. The number of aryl methyl sites for hydroxylation is 1. The molecule has 2 heterocycles. The van der Waals surface area contributed by atoms with Crippen LogP contribution in [0.25, 0.3) is 0 Å². The Kier molecular flexibility index (Phi) is 5.67. The maximum atomic E-state index is 9.72. The molecule has 0 amide bonds. The molecule has 130 valence electrons. The summed E-state index contributed by atoms with van der Waals surface area (Å²) in [7, 11) is 0. The fourth-order valence-electron chi connectivity index (χ4n) is 3.27. The number of anilines is 1. The minimum absolute atomic E-state index is 0.0615. The van der Waals surface area contributed by atoms with Crippen LogP contribution in [0.5, 0.6) is 0 Å². The number of nitriles is 1. The fourth-order valence-corrected chi connectivity index (χ4v) is 3.81. The number of benzene rings is 1. The molecular formula is C19H21BrN4O. The van der Waals surface area contributed by atoms with E-state index in [1.54, 1.807) is 0 Å². The van der Waals surface area contributed by atoms with Crippen molar-refractivity contribution in [2.24, 2.45) is 0 Å². The Bertz CT molecular complexity index is 802. The summed E-state index contributed by atoms with van der Waals surface area (Å²) in [4.78, 5) is 2.12. The number of nitrogens with zero attached hydrogens (tertiary/aromatic N) is 4. The van der Waals surface area contributed by atoms with Crippen molar-refractivity contribution in [1.82, 2.24) is 10.2 Å². The van der Waals surface area contributed by atoms with E-state index in [1.807, 2.05) is 25.1 Å². The van der Waals surface area contributed by atoms with Crippen molar-refractivity contribution in [3.05, 3.63) is 51.1 Å². The van der Waals surface area contributed by atoms with Crippen LogP contribution in [0.15, 0.2) is 28.7 Å². The minimum atomic E-state index is -0.0615. The highest BCUT2D eigenvalue weighted by Crippen LogP contribution is 2.32. The van der Waals surface area contributed by atoms with Gasteiger partial charge in [0.05, 0.1) is 18.8 Å². The highest BCUT2D eigenvalue weighted by Gasteiger charge is 2.27. The van der Waals surface area contributed by atoms with E-state index in [2.05, 4.69) is 50.1 Å². The van der Waals surface area contributed by atoms with Gasteiger partial charge in [-0.2, -0.15) is 10.4 Å². The summed E-state index contributed by atoms with van der Waals surface area (Å²) in [5.74, 6) is 0.678. The smallest absolute Gasteiger partial charge is 0.169 e. The zero-order chi connectivity index (χ0) is 17.8. The quantitative estimate of drug-likeness (QED) is 0.780. The Balaban J connectivity index is 1.94. The second-order valence-electron chi connectivity index (χ2n) is 5.97. The van der Waals surface area contributed by atoms with Gasteiger partial charge in [-0.15, -0.1) is 5.10 Å². The van der Waals surface area contributed by atoms with Gasteiger partial charge in [-0.1, -0.05) is 48.0 Å². The Morgan fingerprint density at radius 3 is 2.76 bits per heavy atom. The molecule has 1 fully saturated rings. The molecule has 1 aliphatic heterocycles. The molecule has 0 radical (unpaired) electrons. The summed E-state index contributed by atoms with van der Waals surface area (Å²) in [5.41, 5.74) is 3.69. The first-order valence-electron chi connectivity index (χ1n) is 8.59. The third-order valence-corrected chi connectivity index (χ3v) is 5.28. The van der Waals surface area contributed by atoms with Crippen LogP contribution in [0.2, 0.25) is 0 Å². The second kappa shape index (κ2) is 7.94. The van der Waals surface area contributed by atoms with Crippen molar-refractivity contribution in [2.75, 3.05) is 24.6 Å². The fraction of sp³-hybridized carbons (Fsp3) is 0.421. The van der Waals surface area contributed by atoms with E-state index in [9.17, 15) is 5.26 Å². The number of halogens is 1. The maximum Gasteiger partial charge on any atom is 0.169 e. The Hall–Kier alpha value is -1.97. The Labute approximate surface area is 156 Å². The van der Waals surface area contributed by atoms with Crippen LogP contribution in [-0.2, 0) is 17.6 Å². The maximum absolute atomic E-state index is 9.72. The van der Waals surface area contributed by atoms with E-state index >= 15 is 0 Å². The molecule has 1 aromatic heterocycles. The van der Waals surface area contributed by atoms with Crippen molar-refractivity contribution in [3.8, 4) is 6.07 Å². The van der Waals surface area contributed by atoms with Crippen molar-refractivity contribution >= 4 is 21.7 Å². The van der Waals surface area contributed by atoms with Crippen molar-refractivity contribution in [1.29, 1.82) is 5.26 Å². The first kappa shape index (κ1) is 17.8. The number of morpholine rings is 1. The zero-order valence-electron chi connectivity index (χ0n) is 14.5. The summed E-state index contributed by atoms with van der Waals surface area (Å²) < 4.78 is 7.00. The molecule has 0 bridgehead atoms. The van der Waals surface area contributed by atoms with E-state index < -0.39 is 0 Å². The molecular weight excluding hydrogens is 380 g/mol. The van der Waals surface area contributed by atoms with Crippen LogP contribution in [0.3, 0.4) is 0 Å². The lowest BCUT2D eigenvalue weighted by atomic mass is 10.0. The van der Waals surface area contributed by atoms with Gasteiger partial charge in [-0.25, -0.2) is 0 Å². The minimum Gasteiger partial charge on any atom is -0.370 e. The van der Waals surface area contributed by atoms with E-state index in [-0.39, 0.29) is 6.10 Å². The lowest BCUT2D eigenvalue weighted by molar-refractivity contribution is 0.0390. The molecule has 0 N–H and O–H groups in total. The van der Waals surface area contributed by atoms with Gasteiger partial charge in [-0.3, -0.25) is 0 Å². The van der Waals surface area contributed by atoms with Gasteiger partial charge < -0.3 is 9.64 Å². The summed E-state index contributed by atoms with van der Waals surface area (Å²) in [6, 6.07) is 10.4. The molecule has 1 unspecified atom stereocenters. The first-order chi connectivity index (χ1) is 12.2. The summed E-state index contributed by atoms with van der Waals surface area (Å²) in [6.07, 6.45) is 1.51. The van der Waals surface area contributed by atoms with Crippen LogP contribution in [0, 0.1) is 11.3 Å². The van der Waals surface area contributed by atoms with Crippen LogP contribution in [0.4, 0.5) is 5.82 Å². The lowest BCUT2D eigenvalue weighted by Gasteiger charge is -2.34. The largest absolute Gasteiger partial charge is 0.370 e. The molecule has 1 atom stereocenters. The number of rotatable bonds is 4.